The number of Topliss-reactive ketones (excluding diaryl/α,β-unsaturated/α-hetero) is 1. The van der Waals surface area contributed by atoms with Crippen molar-refractivity contribution in [2.75, 3.05) is 32.0 Å². The molecule has 1 aliphatic rings. The molecule has 2 N–H and O–H groups in total. The van der Waals surface area contributed by atoms with Crippen molar-refractivity contribution in [2.24, 2.45) is 5.92 Å². The van der Waals surface area contributed by atoms with Gasteiger partial charge in [0.25, 0.3) is 5.56 Å². The number of rotatable bonds is 8. The molecule has 0 radical (unpaired) electrons. The number of carbonyl (C=O) groups excluding carboxylic acids is 2. The van der Waals surface area contributed by atoms with Crippen LogP contribution >= 0.6 is 0 Å². The number of hydrogen-bond donors (Lipinski definition) is 1. The Bertz CT molecular complexity index is 1090. The molecule has 1 aromatic carbocycles. The predicted molar refractivity (Wildman–Crippen MR) is 121 cm³/mol. The number of likely N-dealkylation sites (tertiary alicyclic amines) is 1. The number of carbonyl (C=O) groups is 2. The van der Waals surface area contributed by atoms with Crippen molar-refractivity contribution in [1.82, 2.24) is 14.0 Å². The van der Waals surface area contributed by atoms with Gasteiger partial charge >= 0.3 is 11.7 Å². The van der Waals surface area contributed by atoms with Crippen molar-refractivity contribution in [2.45, 2.75) is 39.8 Å². The molecule has 9 heteroatoms. The van der Waals surface area contributed by atoms with Gasteiger partial charge in [0.05, 0.1) is 25.6 Å². The molecule has 32 heavy (non-hydrogen) atoms. The zero-order chi connectivity index (χ0) is 23.3. The van der Waals surface area contributed by atoms with Crippen molar-refractivity contribution >= 4 is 17.6 Å². The second-order valence-electron chi connectivity index (χ2n) is 7.91. The summed E-state index contributed by atoms with van der Waals surface area (Å²) in [6, 6.07) is 9.24. The molecular formula is C23H30N4O5. The number of piperidine rings is 1. The monoisotopic (exact) mass is 442 g/mol. The van der Waals surface area contributed by atoms with Crippen LogP contribution in [0.4, 0.5) is 5.82 Å². The van der Waals surface area contributed by atoms with Gasteiger partial charge < -0.3 is 10.5 Å². The standard InChI is InChI=1S/C23H30N4O5/c1-3-26-21(29)19(20(24)27(23(26)31)13-16-9-6-5-7-10-16)18(28)15-25-12-8-11-17(14-25)22(30)32-4-2/h5-7,9-10,17H,3-4,8,11-15,24H2,1-2H3/t17-/m1/s1. The van der Waals surface area contributed by atoms with Crippen LogP contribution in [-0.2, 0) is 22.6 Å². The number of hydrogen-bond acceptors (Lipinski definition) is 7. The largest absolute Gasteiger partial charge is 0.466 e. The lowest BCUT2D eigenvalue weighted by Gasteiger charge is -2.31. The zero-order valence-corrected chi connectivity index (χ0v) is 18.6. The molecule has 2 heterocycles. The Hall–Kier alpha value is -3.20. The maximum Gasteiger partial charge on any atom is 0.332 e. The van der Waals surface area contributed by atoms with Gasteiger partial charge in [-0.15, -0.1) is 0 Å². The summed E-state index contributed by atoms with van der Waals surface area (Å²) in [4.78, 5) is 52.9. The lowest BCUT2D eigenvalue weighted by molar-refractivity contribution is -0.149. The molecule has 3 rings (SSSR count). The zero-order valence-electron chi connectivity index (χ0n) is 18.6. The maximum absolute atomic E-state index is 13.2. The minimum atomic E-state index is -0.678. The molecule has 9 nitrogen and oxygen atoms in total. The van der Waals surface area contributed by atoms with E-state index in [1.54, 1.807) is 13.8 Å². The minimum Gasteiger partial charge on any atom is -0.466 e. The first-order valence-corrected chi connectivity index (χ1v) is 11.0. The average Bonchev–Trinajstić information content (AvgIpc) is 2.78. The third-order valence-corrected chi connectivity index (χ3v) is 5.74. The van der Waals surface area contributed by atoms with Gasteiger partial charge in [-0.25, -0.2) is 4.79 Å². The van der Waals surface area contributed by atoms with E-state index in [1.165, 1.54) is 4.57 Å². The van der Waals surface area contributed by atoms with E-state index in [9.17, 15) is 19.2 Å². The number of anilines is 1. The van der Waals surface area contributed by atoms with E-state index in [4.69, 9.17) is 10.5 Å². The lowest BCUT2D eigenvalue weighted by Crippen LogP contribution is -2.46. The Kier molecular flexibility index (Phi) is 7.63. The molecule has 0 amide bonds. The van der Waals surface area contributed by atoms with Crippen LogP contribution in [0.25, 0.3) is 0 Å². The Morgan fingerprint density at radius 2 is 1.84 bits per heavy atom. The third kappa shape index (κ3) is 4.99. The first-order valence-electron chi connectivity index (χ1n) is 11.0. The smallest absolute Gasteiger partial charge is 0.332 e. The molecule has 0 bridgehead atoms. The predicted octanol–water partition coefficient (Wildman–Crippen LogP) is 1.12. The summed E-state index contributed by atoms with van der Waals surface area (Å²) in [6.07, 6.45) is 1.45. The molecule has 1 saturated heterocycles. The number of benzene rings is 1. The van der Waals surface area contributed by atoms with Gasteiger partial charge in [-0.3, -0.25) is 28.4 Å². The summed E-state index contributed by atoms with van der Waals surface area (Å²) in [7, 11) is 0. The normalized spacial score (nSPS) is 16.6. The first kappa shape index (κ1) is 23.5. The maximum atomic E-state index is 13.2. The van der Waals surface area contributed by atoms with Gasteiger partial charge in [0.15, 0.2) is 5.78 Å². The van der Waals surface area contributed by atoms with Crippen LogP contribution in [0.15, 0.2) is 39.9 Å². The Balaban J connectivity index is 1.90. The molecule has 1 aromatic heterocycles. The second-order valence-corrected chi connectivity index (χ2v) is 7.91. The fourth-order valence-corrected chi connectivity index (χ4v) is 4.11. The second kappa shape index (κ2) is 10.4. The van der Waals surface area contributed by atoms with E-state index in [0.29, 0.717) is 26.1 Å². The number of nitrogens with two attached hydrogens (primary N) is 1. The summed E-state index contributed by atoms with van der Waals surface area (Å²) >= 11 is 0. The van der Waals surface area contributed by atoms with Gasteiger partial charge in [0.2, 0.25) is 0 Å². The fraction of sp³-hybridized carbons (Fsp3) is 0.478. The van der Waals surface area contributed by atoms with Gasteiger partial charge in [0, 0.05) is 13.1 Å². The van der Waals surface area contributed by atoms with E-state index < -0.39 is 17.0 Å². The number of nitrogen functional groups attached to an aromatic ring is 1. The summed E-state index contributed by atoms with van der Waals surface area (Å²) in [6.45, 7) is 4.99. The van der Waals surface area contributed by atoms with Crippen molar-refractivity contribution in [1.29, 1.82) is 0 Å². The van der Waals surface area contributed by atoms with Crippen molar-refractivity contribution in [3.05, 3.63) is 62.3 Å². The highest BCUT2D eigenvalue weighted by Crippen LogP contribution is 2.19. The Morgan fingerprint density at radius 1 is 1.12 bits per heavy atom. The van der Waals surface area contributed by atoms with Crippen LogP contribution in [0.3, 0.4) is 0 Å². The van der Waals surface area contributed by atoms with E-state index in [0.717, 1.165) is 16.6 Å². The summed E-state index contributed by atoms with van der Waals surface area (Å²) in [5.41, 5.74) is 5.64. The molecule has 0 spiro atoms. The van der Waals surface area contributed by atoms with Gasteiger partial charge in [0.1, 0.15) is 11.4 Å². The molecular weight excluding hydrogens is 412 g/mol. The first-order chi connectivity index (χ1) is 15.4. The van der Waals surface area contributed by atoms with Crippen LogP contribution in [-0.4, -0.2) is 52.0 Å². The Morgan fingerprint density at radius 3 is 2.50 bits per heavy atom. The Labute approximate surface area is 186 Å². The summed E-state index contributed by atoms with van der Waals surface area (Å²) in [5.74, 6) is -1.15. The highest BCUT2D eigenvalue weighted by molar-refractivity contribution is 6.01. The van der Waals surface area contributed by atoms with Crippen LogP contribution < -0.4 is 17.0 Å². The van der Waals surface area contributed by atoms with Gasteiger partial charge in [-0.2, -0.15) is 0 Å². The van der Waals surface area contributed by atoms with E-state index in [1.807, 2.05) is 35.2 Å². The average molecular weight is 443 g/mol. The number of nitrogens with zero attached hydrogens (tertiary/aromatic N) is 3. The number of ketones is 1. The van der Waals surface area contributed by atoms with E-state index in [-0.39, 0.29) is 42.9 Å². The number of ether oxygens (including phenoxy) is 1. The number of esters is 1. The van der Waals surface area contributed by atoms with Crippen LogP contribution in [0.1, 0.15) is 42.6 Å². The SMILES string of the molecule is CCOC(=O)[C@@H]1CCCN(CC(=O)c2c(N)n(Cc3ccccc3)c(=O)n(CC)c2=O)C1. The van der Waals surface area contributed by atoms with Gasteiger partial charge in [-0.05, 0) is 38.8 Å². The van der Waals surface area contributed by atoms with Crippen molar-refractivity contribution < 1.29 is 14.3 Å². The molecule has 1 aliphatic heterocycles. The molecule has 0 unspecified atom stereocenters. The molecule has 0 aliphatic carbocycles. The summed E-state index contributed by atoms with van der Waals surface area (Å²) in [5, 5.41) is 0. The molecule has 0 saturated carbocycles. The summed E-state index contributed by atoms with van der Waals surface area (Å²) < 4.78 is 7.41. The van der Waals surface area contributed by atoms with Gasteiger partial charge in [-0.1, -0.05) is 30.3 Å². The highest BCUT2D eigenvalue weighted by Gasteiger charge is 2.30. The molecule has 1 fully saturated rings. The minimum absolute atomic E-state index is 0.0530. The lowest BCUT2D eigenvalue weighted by atomic mass is 9.97. The number of aromatic nitrogens is 2. The third-order valence-electron chi connectivity index (χ3n) is 5.74. The van der Waals surface area contributed by atoms with E-state index >= 15 is 0 Å². The molecule has 172 valence electrons. The van der Waals surface area contributed by atoms with Crippen molar-refractivity contribution in [3.8, 4) is 0 Å². The topological polar surface area (TPSA) is 117 Å². The van der Waals surface area contributed by atoms with Crippen LogP contribution in [0.5, 0.6) is 0 Å². The molecule has 2 aromatic rings. The molecule has 1 atom stereocenters. The van der Waals surface area contributed by atoms with E-state index in [2.05, 4.69) is 0 Å². The highest BCUT2D eigenvalue weighted by atomic mass is 16.5. The van der Waals surface area contributed by atoms with Crippen LogP contribution in [0.2, 0.25) is 0 Å². The van der Waals surface area contributed by atoms with Crippen LogP contribution in [0, 0.1) is 5.92 Å². The quantitative estimate of drug-likeness (QED) is 0.481. The van der Waals surface area contributed by atoms with Crippen molar-refractivity contribution in [3.63, 3.8) is 0 Å². The fourth-order valence-electron chi connectivity index (χ4n) is 4.11.